The molecule has 1 aromatic carbocycles. The number of benzene rings is 1. The van der Waals surface area contributed by atoms with Crippen LogP contribution in [0.25, 0.3) is 11.5 Å². The predicted molar refractivity (Wildman–Crippen MR) is 71.4 cm³/mol. The summed E-state index contributed by atoms with van der Waals surface area (Å²) < 4.78 is 5.17. The Bertz CT molecular complexity index is 649. The summed E-state index contributed by atoms with van der Waals surface area (Å²) in [5.74, 6) is 0.808. The van der Waals surface area contributed by atoms with E-state index in [-0.39, 0.29) is 6.04 Å². The molecule has 102 valence electrons. The predicted octanol–water partition coefficient (Wildman–Crippen LogP) is 1.49. The Kier molecular flexibility index (Phi) is 3.51. The van der Waals surface area contributed by atoms with Gasteiger partial charge < -0.3 is 10.3 Å². The van der Waals surface area contributed by atoms with Gasteiger partial charge >= 0.3 is 0 Å². The lowest BCUT2D eigenvalue weighted by molar-refractivity contribution is 0.349. The number of H-pyrrole nitrogens is 1. The third-order valence-electron chi connectivity index (χ3n) is 2.99. The highest BCUT2D eigenvalue weighted by molar-refractivity contribution is 5.44. The van der Waals surface area contributed by atoms with E-state index in [2.05, 4.69) is 37.7 Å². The van der Waals surface area contributed by atoms with Gasteiger partial charge in [0.1, 0.15) is 0 Å². The van der Waals surface area contributed by atoms with Gasteiger partial charge in [-0.3, -0.25) is 0 Å². The fourth-order valence-electron chi connectivity index (χ4n) is 1.89. The van der Waals surface area contributed by atoms with Crippen LogP contribution in [0.4, 0.5) is 0 Å². The molecule has 0 aliphatic carbocycles. The standard InChI is InChI=1S/C13H14N6O/c14-10(7-6-9-4-2-1-3-5-9)13-16-12(18-20-13)11-8-15-19-17-11/h1-5,8,10H,6-7,14H2,(H,15,17,19)/t10-/m0/s1. The van der Waals surface area contributed by atoms with Gasteiger partial charge in [0.15, 0.2) is 5.69 Å². The largest absolute Gasteiger partial charge is 0.337 e. The highest BCUT2D eigenvalue weighted by Gasteiger charge is 2.16. The molecule has 0 radical (unpaired) electrons. The molecule has 3 rings (SSSR count). The van der Waals surface area contributed by atoms with Gasteiger partial charge in [-0.05, 0) is 18.4 Å². The zero-order valence-electron chi connectivity index (χ0n) is 10.7. The summed E-state index contributed by atoms with van der Waals surface area (Å²) in [6, 6.07) is 9.87. The molecule has 2 heterocycles. The van der Waals surface area contributed by atoms with Crippen LogP contribution in [0.1, 0.15) is 23.9 Å². The third kappa shape index (κ3) is 2.72. The number of aromatic amines is 1. The van der Waals surface area contributed by atoms with E-state index in [1.54, 1.807) is 0 Å². The first-order valence-electron chi connectivity index (χ1n) is 6.32. The van der Waals surface area contributed by atoms with Gasteiger partial charge in [0.05, 0.1) is 12.2 Å². The molecule has 3 aromatic rings. The zero-order valence-corrected chi connectivity index (χ0v) is 10.7. The van der Waals surface area contributed by atoms with Crippen LogP contribution in [0, 0.1) is 0 Å². The lowest BCUT2D eigenvalue weighted by Crippen LogP contribution is -2.11. The SMILES string of the molecule is N[C@@H](CCc1ccccc1)c1nc(-c2cn[nH]n2)no1. The fourth-order valence-corrected chi connectivity index (χ4v) is 1.89. The summed E-state index contributed by atoms with van der Waals surface area (Å²) in [5, 5.41) is 13.9. The Morgan fingerprint density at radius 1 is 1.25 bits per heavy atom. The highest BCUT2D eigenvalue weighted by atomic mass is 16.5. The van der Waals surface area contributed by atoms with Crippen LogP contribution in [0.15, 0.2) is 41.1 Å². The van der Waals surface area contributed by atoms with Crippen molar-refractivity contribution >= 4 is 0 Å². The Hall–Kier alpha value is -2.54. The van der Waals surface area contributed by atoms with Crippen LogP contribution in [0.5, 0.6) is 0 Å². The number of rotatable bonds is 5. The minimum atomic E-state index is -0.289. The van der Waals surface area contributed by atoms with Gasteiger partial charge in [0.25, 0.3) is 0 Å². The number of aryl methyl sites for hydroxylation is 1. The van der Waals surface area contributed by atoms with Crippen molar-refractivity contribution in [1.29, 1.82) is 0 Å². The molecule has 0 aliphatic heterocycles. The van der Waals surface area contributed by atoms with Crippen molar-refractivity contribution < 1.29 is 4.52 Å². The monoisotopic (exact) mass is 270 g/mol. The molecule has 0 spiro atoms. The third-order valence-corrected chi connectivity index (χ3v) is 2.99. The number of nitrogens with two attached hydrogens (primary N) is 1. The Morgan fingerprint density at radius 2 is 2.10 bits per heavy atom. The first-order valence-corrected chi connectivity index (χ1v) is 6.32. The molecule has 7 heteroatoms. The van der Waals surface area contributed by atoms with Crippen LogP contribution in [0.3, 0.4) is 0 Å². The molecule has 0 amide bonds. The van der Waals surface area contributed by atoms with E-state index in [1.807, 2.05) is 18.2 Å². The molecular formula is C13H14N6O. The number of nitrogens with one attached hydrogen (secondary N) is 1. The molecule has 0 aliphatic rings. The van der Waals surface area contributed by atoms with Gasteiger partial charge in [-0.1, -0.05) is 35.5 Å². The van der Waals surface area contributed by atoms with Crippen molar-refractivity contribution in [3.63, 3.8) is 0 Å². The molecule has 0 bridgehead atoms. The number of nitrogens with zero attached hydrogens (tertiary/aromatic N) is 4. The van der Waals surface area contributed by atoms with E-state index in [9.17, 15) is 0 Å². The van der Waals surface area contributed by atoms with Gasteiger partial charge in [0.2, 0.25) is 11.7 Å². The summed E-state index contributed by atoms with van der Waals surface area (Å²) in [6.45, 7) is 0. The average molecular weight is 270 g/mol. The number of hydrogen-bond acceptors (Lipinski definition) is 6. The summed E-state index contributed by atoms with van der Waals surface area (Å²) in [4.78, 5) is 4.24. The molecule has 7 nitrogen and oxygen atoms in total. The van der Waals surface area contributed by atoms with Crippen molar-refractivity contribution in [3.8, 4) is 11.5 Å². The normalized spacial score (nSPS) is 12.4. The maximum absolute atomic E-state index is 6.07. The topological polar surface area (TPSA) is 107 Å². The van der Waals surface area contributed by atoms with Crippen molar-refractivity contribution in [2.45, 2.75) is 18.9 Å². The Morgan fingerprint density at radius 3 is 2.85 bits per heavy atom. The molecule has 0 saturated heterocycles. The molecule has 0 unspecified atom stereocenters. The van der Waals surface area contributed by atoms with Crippen LogP contribution in [-0.2, 0) is 6.42 Å². The lowest BCUT2D eigenvalue weighted by atomic mass is 10.1. The molecule has 0 fully saturated rings. The minimum Gasteiger partial charge on any atom is -0.337 e. The number of aromatic nitrogens is 5. The van der Waals surface area contributed by atoms with Crippen molar-refractivity contribution in [2.24, 2.45) is 5.73 Å². The van der Waals surface area contributed by atoms with Crippen molar-refractivity contribution in [2.75, 3.05) is 0 Å². The summed E-state index contributed by atoms with van der Waals surface area (Å²) in [6.07, 6.45) is 3.14. The quantitative estimate of drug-likeness (QED) is 0.727. The van der Waals surface area contributed by atoms with Gasteiger partial charge in [-0.2, -0.15) is 20.4 Å². The van der Waals surface area contributed by atoms with Gasteiger partial charge in [0, 0.05) is 0 Å². The molecule has 0 saturated carbocycles. The van der Waals surface area contributed by atoms with E-state index in [0.29, 0.717) is 17.4 Å². The van der Waals surface area contributed by atoms with Crippen LogP contribution in [0.2, 0.25) is 0 Å². The average Bonchev–Trinajstić information content (AvgIpc) is 3.16. The molecule has 20 heavy (non-hydrogen) atoms. The molecular weight excluding hydrogens is 256 g/mol. The van der Waals surface area contributed by atoms with Gasteiger partial charge in [-0.15, -0.1) is 0 Å². The van der Waals surface area contributed by atoms with Crippen LogP contribution >= 0.6 is 0 Å². The fraction of sp³-hybridized carbons (Fsp3) is 0.231. The molecule has 1 atom stereocenters. The smallest absolute Gasteiger partial charge is 0.243 e. The Balaban J connectivity index is 1.64. The second kappa shape index (κ2) is 5.62. The van der Waals surface area contributed by atoms with Crippen molar-refractivity contribution in [1.82, 2.24) is 25.6 Å². The lowest BCUT2D eigenvalue weighted by Gasteiger charge is -2.06. The second-order valence-corrected chi connectivity index (χ2v) is 4.44. The van der Waals surface area contributed by atoms with E-state index in [0.717, 1.165) is 12.8 Å². The molecule has 2 aromatic heterocycles. The number of hydrogen-bond donors (Lipinski definition) is 2. The van der Waals surface area contributed by atoms with E-state index >= 15 is 0 Å². The maximum atomic E-state index is 6.07. The van der Waals surface area contributed by atoms with E-state index in [4.69, 9.17) is 10.3 Å². The van der Waals surface area contributed by atoms with Crippen LogP contribution in [-0.4, -0.2) is 25.6 Å². The second-order valence-electron chi connectivity index (χ2n) is 4.44. The van der Waals surface area contributed by atoms with E-state index < -0.39 is 0 Å². The van der Waals surface area contributed by atoms with E-state index in [1.165, 1.54) is 11.8 Å². The summed E-state index contributed by atoms with van der Waals surface area (Å²) in [5.41, 5.74) is 7.84. The van der Waals surface area contributed by atoms with Crippen molar-refractivity contribution in [3.05, 3.63) is 48.0 Å². The zero-order chi connectivity index (χ0) is 13.8. The molecule has 3 N–H and O–H groups in total. The Labute approximate surface area is 115 Å². The van der Waals surface area contributed by atoms with Gasteiger partial charge in [-0.25, -0.2) is 0 Å². The maximum Gasteiger partial charge on any atom is 0.243 e. The first kappa shape index (κ1) is 12.5. The highest BCUT2D eigenvalue weighted by Crippen LogP contribution is 2.18. The summed E-state index contributed by atoms with van der Waals surface area (Å²) in [7, 11) is 0. The first-order chi connectivity index (χ1) is 9.83. The minimum absolute atomic E-state index is 0.289. The summed E-state index contributed by atoms with van der Waals surface area (Å²) >= 11 is 0. The van der Waals surface area contributed by atoms with Crippen LogP contribution < -0.4 is 5.73 Å².